The van der Waals surface area contributed by atoms with E-state index in [2.05, 4.69) is 18.8 Å². The average Bonchev–Trinajstić information content (AvgIpc) is 2.38. The summed E-state index contributed by atoms with van der Waals surface area (Å²) in [7, 11) is 0. The van der Waals surface area contributed by atoms with E-state index in [9.17, 15) is 0 Å². The van der Waals surface area contributed by atoms with Crippen molar-refractivity contribution >= 4 is 11.6 Å². The third-order valence-corrected chi connectivity index (χ3v) is 3.67. The van der Waals surface area contributed by atoms with Crippen molar-refractivity contribution in [2.75, 3.05) is 6.54 Å². The minimum Gasteiger partial charge on any atom is -0.330 e. The predicted molar refractivity (Wildman–Crippen MR) is 76.9 cm³/mol. The Morgan fingerprint density at radius 1 is 1.17 bits per heavy atom. The van der Waals surface area contributed by atoms with Crippen LogP contribution in [0.3, 0.4) is 0 Å². The molecule has 2 N–H and O–H groups in total. The van der Waals surface area contributed by atoms with Gasteiger partial charge in [-0.05, 0) is 72.8 Å². The predicted octanol–water partition coefficient (Wildman–Crippen LogP) is 3.52. The monoisotopic (exact) mass is 260 g/mol. The molecule has 0 unspecified atom stereocenters. The zero-order chi connectivity index (χ0) is 13.1. The lowest BCUT2D eigenvalue weighted by Crippen LogP contribution is -2.05. The van der Waals surface area contributed by atoms with E-state index in [1.165, 1.54) is 16.7 Å². The summed E-state index contributed by atoms with van der Waals surface area (Å²) in [5.74, 6) is 0. The second kappa shape index (κ2) is 5.51. The summed E-state index contributed by atoms with van der Waals surface area (Å²) in [5.41, 5.74) is 11.6. The number of aromatic nitrogens is 1. The summed E-state index contributed by atoms with van der Waals surface area (Å²) < 4.78 is 0. The van der Waals surface area contributed by atoms with Crippen LogP contribution in [0.1, 0.15) is 16.7 Å². The molecule has 3 heteroatoms. The van der Waals surface area contributed by atoms with Crippen molar-refractivity contribution in [3.63, 3.8) is 0 Å². The molecule has 0 aliphatic carbocycles. The zero-order valence-electron chi connectivity index (χ0n) is 10.7. The number of benzene rings is 1. The Morgan fingerprint density at radius 2 is 1.83 bits per heavy atom. The van der Waals surface area contributed by atoms with Gasteiger partial charge in [0.15, 0.2) is 0 Å². The average molecular weight is 261 g/mol. The topological polar surface area (TPSA) is 38.9 Å². The smallest absolute Gasteiger partial charge is 0.0444 e. The minimum atomic E-state index is 0.635. The minimum absolute atomic E-state index is 0.635. The van der Waals surface area contributed by atoms with Crippen LogP contribution in [0.25, 0.3) is 11.1 Å². The molecule has 18 heavy (non-hydrogen) atoms. The fraction of sp³-hybridized carbons (Fsp3) is 0.267. The van der Waals surface area contributed by atoms with Gasteiger partial charge >= 0.3 is 0 Å². The van der Waals surface area contributed by atoms with Gasteiger partial charge in [0.2, 0.25) is 0 Å². The number of hydrogen-bond acceptors (Lipinski definition) is 2. The van der Waals surface area contributed by atoms with Crippen LogP contribution < -0.4 is 5.73 Å². The first-order chi connectivity index (χ1) is 8.65. The maximum Gasteiger partial charge on any atom is 0.0444 e. The molecular formula is C15H17ClN2. The molecule has 94 valence electrons. The van der Waals surface area contributed by atoms with Gasteiger partial charge in [0.05, 0.1) is 0 Å². The maximum absolute atomic E-state index is 6.32. The van der Waals surface area contributed by atoms with Crippen molar-refractivity contribution in [1.29, 1.82) is 0 Å². The normalized spacial score (nSPS) is 10.7. The van der Waals surface area contributed by atoms with Crippen LogP contribution in [-0.4, -0.2) is 11.5 Å². The second-order valence-corrected chi connectivity index (χ2v) is 4.82. The van der Waals surface area contributed by atoms with Gasteiger partial charge in [0, 0.05) is 17.4 Å². The van der Waals surface area contributed by atoms with Crippen molar-refractivity contribution < 1.29 is 0 Å². The SMILES string of the molecule is Cc1c(Cl)cc(CCN)c(C)c1-c1ccncc1. The van der Waals surface area contributed by atoms with Gasteiger partial charge in [-0.3, -0.25) is 4.98 Å². The Balaban J connectivity index is 2.65. The molecular weight excluding hydrogens is 244 g/mol. The van der Waals surface area contributed by atoms with E-state index in [-0.39, 0.29) is 0 Å². The fourth-order valence-corrected chi connectivity index (χ4v) is 2.52. The number of rotatable bonds is 3. The largest absolute Gasteiger partial charge is 0.330 e. The molecule has 1 aromatic carbocycles. The lowest BCUT2D eigenvalue weighted by molar-refractivity contribution is 0.957. The summed E-state index contributed by atoms with van der Waals surface area (Å²) in [6.07, 6.45) is 4.46. The first-order valence-corrected chi connectivity index (χ1v) is 6.42. The molecule has 0 saturated heterocycles. The van der Waals surface area contributed by atoms with Crippen molar-refractivity contribution in [2.45, 2.75) is 20.3 Å². The van der Waals surface area contributed by atoms with Crippen LogP contribution in [0.2, 0.25) is 5.02 Å². The van der Waals surface area contributed by atoms with Crippen molar-refractivity contribution in [1.82, 2.24) is 4.98 Å². The number of nitrogens with zero attached hydrogens (tertiary/aromatic N) is 1. The Bertz CT molecular complexity index is 550. The van der Waals surface area contributed by atoms with Crippen LogP contribution in [0, 0.1) is 13.8 Å². The molecule has 0 atom stereocenters. The number of halogens is 1. The van der Waals surface area contributed by atoms with Crippen LogP contribution >= 0.6 is 11.6 Å². The van der Waals surface area contributed by atoms with Gasteiger partial charge in [-0.25, -0.2) is 0 Å². The van der Waals surface area contributed by atoms with E-state index in [0.717, 1.165) is 22.6 Å². The molecule has 2 rings (SSSR count). The lowest BCUT2D eigenvalue weighted by Gasteiger charge is -2.16. The third kappa shape index (κ3) is 2.40. The molecule has 1 aromatic heterocycles. The Morgan fingerprint density at radius 3 is 2.44 bits per heavy atom. The van der Waals surface area contributed by atoms with E-state index in [1.807, 2.05) is 18.2 Å². The highest BCUT2D eigenvalue weighted by Crippen LogP contribution is 2.34. The van der Waals surface area contributed by atoms with Gasteiger partial charge in [-0.2, -0.15) is 0 Å². The van der Waals surface area contributed by atoms with Gasteiger partial charge in [0.25, 0.3) is 0 Å². The lowest BCUT2D eigenvalue weighted by atomic mass is 9.91. The quantitative estimate of drug-likeness (QED) is 0.917. The first kappa shape index (κ1) is 13.1. The molecule has 0 amide bonds. The van der Waals surface area contributed by atoms with Crippen LogP contribution in [0.15, 0.2) is 30.6 Å². The molecule has 2 aromatic rings. The van der Waals surface area contributed by atoms with Gasteiger partial charge in [-0.15, -0.1) is 0 Å². The number of nitrogens with two attached hydrogens (primary N) is 1. The van der Waals surface area contributed by atoms with Gasteiger partial charge in [-0.1, -0.05) is 11.6 Å². The van der Waals surface area contributed by atoms with Crippen LogP contribution in [-0.2, 0) is 6.42 Å². The van der Waals surface area contributed by atoms with E-state index >= 15 is 0 Å². The molecule has 0 fully saturated rings. The highest BCUT2D eigenvalue weighted by atomic mass is 35.5. The first-order valence-electron chi connectivity index (χ1n) is 6.04. The fourth-order valence-electron chi connectivity index (χ4n) is 2.30. The van der Waals surface area contributed by atoms with E-state index in [1.54, 1.807) is 12.4 Å². The van der Waals surface area contributed by atoms with Crippen molar-refractivity contribution in [2.24, 2.45) is 5.73 Å². The molecule has 0 radical (unpaired) electrons. The Kier molecular flexibility index (Phi) is 4.00. The summed E-state index contributed by atoms with van der Waals surface area (Å²) >= 11 is 6.32. The van der Waals surface area contributed by atoms with Crippen LogP contribution in [0.4, 0.5) is 0 Å². The highest BCUT2D eigenvalue weighted by molar-refractivity contribution is 6.31. The maximum atomic E-state index is 6.32. The Labute approximate surface area is 113 Å². The molecule has 2 nitrogen and oxygen atoms in total. The molecule has 0 aliphatic heterocycles. The second-order valence-electron chi connectivity index (χ2n) is 4.42. The van der Waals surface area contributed by atoms with E-state index in [0.29, 0.717) is 6.54 Å². The molecule has 0 aliphatic rings. The summed E-state index contributed by atoms with van der Waals surface area (Å²) in [5, 5.41) is 0.802. The van der Waals surface area contributed by atoms with Gasteiger partial charge in [0.1, 0.15) is 0 Å². The number of hydrogen-bond donors (Lipinski definition) is 1. The van der Waals surface area contributed by atoms with E-state index < -0.39 is 0 Å². The molecule has 1 heterocycles. The zero-order valence-corrected chi connectivity index (χ0v) is 11.5. The summed E-state index contributed by atoms with van der Waals surface area (Å²) in [4.78, 5) is 4.06. The Hall–Kier alpha value is -1.38. The van der Waals surface area contributed by atoms with E-state index in [4.69, 9.17) is 17.3 Å². The summed E-state index contributed by atoms with van der Waals surface area (Å²) in [6.45, 7) is 4.82. The molecule has 0 spiro atoms. The summed E-state index contributed by atoms with van der Waals surface area (Å²) in [6, 6.07) is 6.06. The molecule has 0 saturated carbocycles. The highest BCUT2D eigenvalue weighted by Gasteiger charge is 2.12. The van der Waals surface area contributed by atoms with Gasteiger partial charge < -0.3 is 5.73 Å². The van der Waals surface area contributed by atoms with Crippen LogP contribution in [0.5, 0.6) is 0 Å². The standard InChI is InChI=1S/C15H17ClN2/c1-10-13(3-6-17)9-14(16)11(2)15(10)12-4-7-18-8-5-12/h4-5,7-9H,3,6,17H2,1-2H3. The number of pyridine rings is 1. The molecule has 0 bridgehead atoms. The third-order valence-electron chi connectivity index (χ3n) is 3.27. The van der Waals surface area contributed by atoms with Crippen molar-refractivity contribution in [3.8, 4) is 11.1 Å². The van der Waals surface area contributed by atoms with Crippen molar-refractivity contribution in [3.05, 3.63) is 52.3 Å².